The quantitative estimate of drug-likeness (QED) is 0.322. The van der Waals surface area contributed by atoms with Gasteiger partial charge in [0.15, 0.2) is 0 Å². The van der Waals surface area contributed by atoms with Crippen LogP contribution in [0.15, 0.2) is 58.8 Å². The lowest BCUT2D eigenvalue weighted by Gasteiger charge is -2.19. The minimum Gasteiger partial charge on any atom is -0.494 e. The molecule has 0 fully saturated rings. The van der Waals surface area contributed by atoms with Gasteiger partial charge in [-0.1, -0.05) is 31.9 Å². The summed E-state index contributed by atoms with van der Waals surface area (Å²) in [5.74, 6) is 0.846. The fourth-order valence-electron chi connectivity index (χ4n) is 3.12. The molecule has 164 valence electrons. The molecule has 0 saturated carbocycles. The fourth-order valence-corrected chi connectivity index (χ4v) is 3.12. The first-order valence-electron chi connectivity index (χ1n) is 10.9. The third kappa shape index (κ3) is 9.48. The molecule has 6 nitrogen and oxygen atoms in total. The van der Waals surface area contributed by atoms with E-state index < -0.39 is 0 Å². The van der Waals surface area contributed by atoms with Gasteiger partial charge >= 0.3 is 0 Å². The smallest absolute Gasteiger partial charge is 0.119 e. The summed E-state index contributed by atoms with van der Waals surface area (Å²) >= 11 is 0. The molecule has 0 aliphatic rings. The maximum absolute atomic E-state index is 9.01. The number of nitrogens with zero attached hydrogens (tertiary/aromatic N) is 3. The van der Waals surface area contributed by atoms with E-state index in [1.807, 2.05) is 36.4 Å². The Hall–Kier alpha value is -2.28. The van der Waals surface area contributed by atoms with Gasteiger partial charge in [-0.25, -0.2) is 0 Å². The molecule has 0 saturated heterocycles. The minimum absolute atomic E-state index is 0.139. The molecular weight excluding hydrogens is 378 g/mol. The molecule has 0 bridgehead atoms. The largest absolute Gasteiger partial charge is 0.494 e. The summed E-state index contributed by atoms with van der Waals surface area (Å²) in [7, 11) is 0. The van der Waals surface area contributed by atoms with Crippen LogP contribution in [-0.2, 0) is 6.42 Å². The van der Waals surface area contributed by atoms with Crippen LogP contribution in [0.25, 0.3) is 0 Å². The van der Waals surface area contributed by atoms with Gasteiger partial charge in [0.05, 0.1) is 31.2 Å². The Labute approximate surface area is 180 Å². The minimum atomic E-state index is 0.139. The Morgan fingerprint density at radius 1 is 0.733 bits per heavy atom. The molecule has 0 aliphatic carbocycles. The van der Waals surface area contributed by atoms with Gasteiger partial charge in [-0.3, -0.25) is 4.90 Å². The van der Waals surface area contributed by atoms with Crippen molar-refractivity contribution in [1.82, 2.24) is 4.90 Å². The maximum atomic E-state index is 9.01. The normalized spacial score (nSPS) is 11.5. The molecule has 0 aliphatic heterocycles. The highest BCUT2D eigenvalue weighted by Gasteiger charge is 2.03. The topological polar surface area (TPSA) is 77.7 Å². The van der Waals surface area contributed by atoms with E-state index in [1.165, 1.54) is 5.56 Å². The lowest BCUT2D eigenvalue weighted by molar-refractivity contribution is 0.159. The molecule has 30 heavy (non-hydrogen) atoms. The molecule has 0 spiro atoms. The van der Waals surface area contributed by atoms with E-state index in [-0.39, 0.29) is 13.2 Å². The fraction of sp³-hybridized carbons (Fsp3) is 0.500. The molecule has 0 unspecified atom stereocenters. The number of benzene rings is 2. The highest BCUT2D eigenvalue weighted by molar-refractivity contribution is 5.43. The third-order valence-electron chi connectivity index (χ3n) is 4.93. The number of azo groups is 1. The summed E-state index contributed by atoms with van der Waals surface area (Å²) in [5.41, 5.74) is 2.95. The Kier molecular flexibility index (Phi) is 11.7. The summed E-state index contributed by atoms with van der Waals surface area (Å²) < 4.78 is 5.81. The lowest BCUT2D eigenvalue weighted by atomic mass is 10.2. The number of aliphatic hydroxyl groups excluding tert-OH is 2. The van der Waals surface area contributed by atoms with Crippen LogP contribution in [0.1, 0.15) is 38.2 Å². The average molecular weight is 414 g/mol. The van der Waals surface area contributed by atoms with E-state index >= 15 is 0 Å². The number of unbranched alkanes of at least 4 members (excludes halogenated alkanes) is 3. The van der Waals surface area contributed by atoms with E-state index in [0.717, 1.165) is 55.8 Å². The second kappa shape index (κ2) is 14.7. The second-order valence-corrected chi connectivity index (χ2v) is 7.27. The van der Waals surface area contributed by atoms with E-state index in [4.69, 9.17) is 14.9 Å². The Balaban J connectivity index is 1.62. The van der Waals surface area contributed by atoms with Crippen molar-refractivity contribution in [3.8, 4) is 5.75 Å². The molecule has 0 radical (unpaired) electrons. The number of ether oxygens (including phenoxy) is 1. The number of hydrogen-bond acceptors (Lipinski definition) is 6. The van der Waals surface area contributed by atoms with Crippen molar-refractivity contribution < 1.29 is 14.9 Å². The molecule has 0 amide bonds. The number of rotatable bonds is 15. The monoisotopic (exact) mass is 413 g/mol. The molecule has 0 atom stereocenters. The maximum Gasteiger partial charge on any atom is 0.119 e. The lowest BCUT2D eigenvalue weighted by Crippen LogP contribution is -2.30. The zero-order valence-corrected chi connectivity index (χ0v) is 18.0. The van der Waals surface area contributed by atoms with Gasteiger partial charge in [-0.05, 0) is 67.8 Å². The first-order chi connectivity index (χ1) is 14.7. The van der Waals surface area contributed by atoms with Crippen LogP contribution in [-0.4, -0.2) is 54.6 Å². The Morgan fingerprint density at radius 2 is 1.30 bits per heavy atom. The molecule has 2 N–H and O–H groups in total. The van der Waals surface area contributed by atoms with Crippen LogP contribution < -0.4 is 4.74 Å². The SMILES string of the molecule is CCc1ccc(N=Nc2ccc(OCCCCCCN(CCO)CCO)cc2)cc1. The van der Waals surface area contributed by atoms with Crippen LogP contribution in [0.5, 0.6) is 5.75 Å². The van der Waals surface area contributed by atoms with Gasteiger partial charge in [0.2, 0.25) is 0 Å². The zero-order valence-electron chi connectivity index (χ0n) is 18.0. The van der Waals surface area contributed by atoms with Crippen molar-refractivity contribution in [1.29, 1.82) is 0 Å². The van der Waals surface area contributed by atoms with Gasteiger partial charge < -0.3 is 14.9 Å². The predicted octanol–water partition coefficient (Wildman–Crippen LogP) is 4.89. The van der Waals surface area contributed by atoms with E-state index in [0.29, 0.717) is 19.7 Å². The molecule has 0 aromatic heterocycles. The molecule has 0 heterocycles. The first-order valence-corrected chi connectivity index (χ1v) is 10.9. The van der Waals surface area contributed by atoms with Gasteiger partial charge in [0, 0.05) is 13.1 Å². The van der Waals surface area contributed by atoms with Crippen LogP contribution in [0, 0.1) is 0 Å². The van der Waals surface area contributed by atoms with Crippen molar-refractivity contribution in [2.45, 2.75) is 39.0 Å². The zero-order chi connectivity index (χ0) is 21.4. The number of aryl methyl sites for hydroxylation is 1. The molecule has 2 aromatic carbocycles. The Morgan fingerprint density at radius 3 is 1.87 bits per heavy atom. The van der Waals surface area contributed by atoms with E-state index in [2.05, 4.69) is 34.2 Å². The van der Waals surface area contributed by atoms with Crippen LogP contribution in [0.2, 0.25) is 0 Å². The van der Waals surface area contributed by atoms with Crippen molar-refractivity contribution in [2.75, 3.05) is 39.5 Å². The van der Waals surface area contributed by atoms with Crippen molar-refractivity contribution >= 4 is 11.4 Å². The third-order valence-corrected chi connectivity index (χ3v) is 4.93. The van der Waals surface area contributed by atoms with Crippen molar-refractivity contribution in [2.24, 2.45) is 10.2 Å². The van der Waals surface area contributed by atoms with Crippen LogP contribution in [0.3, 0.4) is 0 Å². The van der Waals surface area contributed by atoms with E-state index in [9.17, 15) is 0 Å². The van der Waals surface area contributed by atoms with Crippen LogP contribution in [0.4, 0.5) is 11.4 Å². The van der Waals surface area contributed by atoms with Gasteiger partial charge in [-0.2, -0.15) is 10.2 Å². The summed E-state index contributed by atoms with van der Waals surface area (Å²) in [5, 5.41) is 26.6. The standard InChI is InChI=1S/C24H35N3O3/c1-2-21-7-9-22(10-8-21)25-26-23-11-13-24(14-12-23)30-20-6-4-3-5-15-27(16-18-28)17-19-29/h7-14,28-29H,2-6,15-20H2,1H3. The number of hydrogen-bond donors (Lipinski definition) is 2. The summed E-state index contributed by atoms with van der Waals surface area (Å²) in [4.78, 5) is 2.09. The number of aliphatic hydroxyl groups is 2. The summed E-state index contributed by atoms with van der Waals surface area (Å²) in [6, 6.07) is 15.8. The van der Waals surface area contributed by atoms with Crippen molar-refractivity contribution in [3.63, 3.8) is 0 Å². The first kappa shape index (κ1) is 24.0. The molecule has 2 aromatic rings. The highest BCUT2D eigenvalue weighted by atomic mass is 16.5. The van der Waals surface area contributed by atoms with Crippen molar-refractivity contribution in [3.05, 3.63) is 54.1 Å². The Bertz CT molecular complexity index is 711. The van der Waals surface area contributed by atoms with Gasteiger partial charge in [0.1, 0.15) is 5.75 Å². The molecule has 6 heteroatoms. The average Bonchev–Trinajstić information content (AvgIpc) is 2.78. The van der Waals surface area contributed by atoms with Gasteiger partial charge in [0.25, 0.3) is 0 Å². The summed E-state index contributed by atoms with van der Waals surface area (Å²) in [6.45, 7) is 5.28. The highest BCUT2D eigenvalue weighted by Crippen LogP contribution is 2.22. The van der Waals surface area contributed by atoms with E-state index in [1.54, 1.807) is 0 Å². The van der Waals surface area contributed by atoms with Crippen LogP contribution >= 0.6 is 0 Å². The second-order valence-electron chi connectivity index (χ2n) is 7.27. The molecule has 2 rings (SSSR count). The molecular formula is C24H35N3O3. The summed E-state index contributed by atoms with van der Waals surface area (Å²) in [6.07, 6.45) is 5.33. The predicted molar refractivity (Wildman–Crippen MR) is 121 cm³/mol. The van der Waals surface area contributed by atoms with Gasteiger partial charge in [-0.15, -0.1) is 0 Å².